The molecule has 6 nitrogen and oxygen atoms in total. The van der Waals surface area contributed by atoms with Crippen molar-refractivity contribution in [3.05, 3.63) is 29.8 Å². The van der Waals surface area contributed by atoms with E-state index in [4.69, 9.17) is 4.74 Å². The van der Waals surface area contributed by atoms with E-state index in [2.05, 4.69) is 5.32 Å². The van der Waals surface area contributed by atoms with Crippen molar-refractivity contribution < 1.29 is 22.7 Å². The van der Waals surface area contributed by atoms with E-state index in [0.29, 0.717) is 0 Å². The molecule has 122 valence electrons. The van der Waals surface area contributed by atoms with Gasteiger partial charge in [-0.3, -0.25) is 4.79 Å². The average Bonchev–Trinajstić information content (AvgIpc) is 2.44. The summed E-state index contributed by atoms with van der Waals surface area (Å²) in [6, 6.07) is 5.74. The molecule has 1 amide bonds. The van der Waals surface area contributed by atoms with Crippen LogP contribution < -0.4 is 5.32 Å². The predicted octanol–water partition coefficient (Wildman–Crippen LogP) is 1.55. The van der Waals surface area contributed by atoms with Gasteiger partial charge in [-0.25, -0.2) is 13.2 Å². The molecule has 0 saturated carbocycles. The summed E-state index contributed by atoms with van der Waals surface area (Å²) in [5, 5.41) is 2.70. The molecule has 1 aromatic rings. The van der Waals surface area contributed by atoms with Gasteiger partial charge >= 0.3 is 5.97 Å². The molecule has 0 fully saturated rings. The van der Waals surface area contributed by atoms with Gasteiger partial charge in [0.1, 0.15) is 0 Å². The maximum atomic E-state index is 12.0. The van der Waals surface area contributed by atoms with Crippen molar-refractivity contribution in [2.45, 2.75) is 37.6 Å². The van der Waals surface area contributed by atoms with Crippen LogP contribution in [0.25, 0.3) is 0 Å². The molecular formula is C15H21NO5S. The van der Waals surface area contributed by atoms with E-state index < -0.39 is 28.3 Å². The van der Waals surface area contributed by atoms with Crippen LogP contribution in [0, 0.1) is 0 Å². The summed E-state index contributed by atoms with van der Waals surface area (Å²) in [4.78, 5) is 23.5. The van der Waals surface area contributed by atoms with Crippen molar-refractivity contribution in [1.82, 2.24) is 5.32 Å². The summed E-state index contributed by atoms with van der Waals surface area (Å²) >= 11 is 0. The number of rotatable bonds is 7. The largest absolute Gasteiger partial charge is 0.452 e. The van der Waals surface area contributed by atoms with Crippen molar-refractivity contribution in [1.29, 1.82) is 0 Å². The molecule has 0 bridgehead atoms. The van der Waals surface area contributed by atoms with Gasteiger partial charge in [-0.15, -0.1) is 0 Å². The first-order chi connectivity index (χ1) is 10.3. The number of benzene rings is 1. The number of nitrogens with one attached hydrogen (secondary N) is 1. The highest BCUT2D eigenvalue weighted by molar-refractivity contribution is 7.90. The molecule has 1 atom stereocenters. The molecule has 22 heavy (non-hydrogen) atoms. The summed E-state index contributed by atoms with van der Waals surface area (Å²) in [5.74, 6) is -1.24. The van der Waals surface area contributed by atoms with E-state index in [9.17, 15) is 18.0 Å². The van der Waals surface area contributed by atoms with Crippen LogP contribution in [0.1, 0.15) is 37.0 Å². The Morgan fingerprint density at radius 2 is 1.91 bits per heavy atom. The van der Waals surface area contributed by atoms with Gasteiger partial charge in [0.25, 0.3) is 5.91 Å². The third-order valence-corrected chi connectivity index (χ3v) is 4.12. The Labute approximate surface area is 130 Å². The van der Waals surface area contributed by atoms with E-state index in [1.807, 2.05) is 13.8 Å². The molecule has 0 spiro atoms. The van der Waals surface area contributed by atoms with Gasteiger partial charge in [0, 0.05) is 12.3 Å². The Kier molecular flexibility index (Phi) is 6.55. The van der Waals surface area contributed by atoms with Crippen LogP contribution in [-0.2, 0) is 19.4 Å². The lowest BCUT2D eigenvalue weighted by atomic mass is 10.2. The van der Waals surface area contributed by atoms with Crippen LogP contribution >= 0.6 is 0 Å². The van der Waals surface area contributed by atoms with Crippen molar-refractivity contribution in [2.24, 2.45) is 0 Å². The zero-order valence-corrected chi connectivity index (χ0v) is 13.8. The lowest BCUT2D eigenvalue weighted by Crippen LogP contribution is -2.35. The van der Waals surface area contributed by atoms with Crippen LogP contribution in [0.5, 0.6) is 0 Å². The quantitative estimate of drug-likeness (QED) is 0.768. The topological polar surface area (TPSA) is 89.5 Å². The average molecular weight is 327 g/mol. The number of ether oxygens (including phenoxy) is 1. The summed E-state index contributed by atoms with van der Waals surface area (Å²) in [7, 11) is -3.54. The van der Waals surface area contributed by atoms with Gasteiger partial charge in [-0.05, 0) is 25.5 Å². The Bertz CT molecular complexity index is 639. The minimum absolute atomic E-state index is 0.000456. The smallest absolute Gasteiger partial charge is 0.339 e. The SMILES string of the molecule is CCCC(C)NC(=O)COC(=O)c1ccccc1S(C)(=O)=O. The van der Waals surface area contributed by atoms with Crippen LogP contribution in [0.15, 0.2) is 29.2 Å². The van der Waals surface area contributed by atoms with Gasteiger partial charge in [0.05, 0.1) is 10.5 Å². The Morgan fingerprint density at radius 3 is 2.50 bits per heavy atom. The molecule has 1 rings (SSSR count). The van der Waals surface area contributed by atoms with Crippen LogP contribution in [0.3, 0.4) is 0 Å². The maximum absolute atomic E-state index is 12.0. The minimum Gasteiger partial charge on any atom is -0.452 e. The molecule has 0 saturated heterocycles. The van der Waals surface area contributed by atoms with Gasteiger partial charge in [-0.2, -0.15) is 0 Å². The third-order valence-electron chi connectivity index (χ3n) is 2.97. The maximum Gasteiger partial charge on any atom is 0.339 e. The third kappa shape index (κ3) is 5.48. The first-order valence-corrected chi connectivity index (χ1v) is 8.90. The molecule has 1 unspecified atom stereocenters. The number of carbonyl (C=O) groups excluding carboxylic acids is 2. The Hall–Kier alpha value is -1.89. The monoisotopic (exact) mass is 327 g/mol. The highest BCUT2D eigenvalue weighted by Crippen LogP contribution is 2.16. The molecule has 0 radical (unpaired) electrons. The first kappa shape index (κ1) is 18.2. The summed E-state index contributed by atoms with van der Waals surface area (Å²) in [6.45, 7) is 3.43. The molecule has 1 aromatic carbocycles. The van der Waals surface area contributed by atoms with Gasteiger partial charge in [-0.1, -0.05) is 25.5 Å². The zero-order chi connectivity index (χ0) is 16.8. The van der Waals surface area contributed by atoms with Crippen molar-refractivity contribution in [2.75, 3.05) is 12.9 Å². The first-order valence-electron chi connectivity index (χ1n) is 7.01. The van der Waals surface area contributed by atoms with Crippen molar-refractivity contribution in [3.63, 3.8) is 0 Å². The number of hydrogen-bond acceptors (Lipinski definition) is 5. The summed E-state index contributed by atoms with van der Waals surface area (Å²) < 4.78 is 28.1. The predicted molar refractivity (Wildman–Crippen MR) is 82.3 cm³/mol. The van der Waals surface area contributed by atoms with Crippen LogP contribution in [-0.4, -0.2) is 39.2 Å². The fourth-order valence-electron chi connectivity index (χ4n) is 1.99. The molecule has 0 aliphatic rings. The molecule has 0 aliphatic heterocycles. The number of hydrogen-bond donors (Lipinski definition) is 1. The second-order valence-corrected chi connectivity index (χ2v) is 7.09. The van der Waals surface area contributed by atoms with E-state index >= 15 is 0 Å². The lowest BCUT2D eigenvalue weighted by Gasteiger charge is -2.13. The van der Waals surface area contributed by atoms with Crippen molar-refractivity contribution in [3.8, 4) is 0 Å². The second-order valence-electron chi connectivity index (χ2n) is 5.10. The molecule has 0 aromatic heterocycles. The van der Waals surface area contributed by atoms with Crippen LogP contribution in [0.4, 0.5) is 0 Å². The van der Waals surface area contributed by atoms with Crippen LogP contribution in [0.2, 0.25) is 0 Å². The molecular weight excluding hydrogens is 306 g/mol. The van der Waals surface area contributed by atoms with E-state index in [1.54, 1.807) is 0 Å². The number of carbonyl (C=O) groups is 2. The van der Waals surface area contributed by atoms with E-state index in [0.717, 1.165) is 19.1 Å². The minimum atomic E-state index is -3.54. The highest BCUT2D eigenvalue weighted by Gasteiger charge is 2.20. The standard InChI is InChI=1S/C15H21NO5S/c1-4-7-11(2)16-14(17)10-21-15(18)12-8-5-6-9-13(12)22(3,19)20/h5-6,8-9,11H,4,7,10H2,1-3H3,(H,16,17). The summed E-state index contributed by atoms with van der Waals surface area (Å²) in [5.41, 5.74) is -0.0700. The Balaban J connectivity index is 2.70. The normalized spacial score (nSPS) is 12.5. The van der Waals surface area contributed by atoms with E-state index in [1.165, 1.54) is 24.3 Å². The van der Waals surface area contributed by atoms with Crippen molar-refractivity contribution >= 4 is 21.7 Å². The van der Waals surface area contributed by atoms with Gasteiger partial charge < -0.3 is 10.1 Å². The van der Waals surface area contributed by atoms with Gasteiger partial charge in [0.15, 0.2) is 16.4 Å². The molecule has 1 N–H and O–H groups in total. The Morgan fingerprint density at radius 1 is 1.27 bits per heavy atom. The van der Waals surface area contributed by atoms with Gasteiger partial charge in [0.2, 0.25) is 0 Å². The number of sulfone groups is 1. The molecule has 7 heteroatoms. The lowest BCUT2D eigenvalue weighted by molar-refractivity contribution is -0.124. The highest BCUT2D eigenvalue weighted by atomic mass is 32.2. The molecule has 0 aliphatic carbocycles. The fourth-order valence-corrected chi connectivity index (χ4v) is 2.87. The zero-order valence-electron chi connectivity index (χ0n) is 13.0. The summed E-state index contributed by atoms with van der Waals surface area (Å²) in [6.07, 6.45) is 2.78. The number of amides is 1. The van der Waals surface area contributed by atoms with E-state index in [-0.39, 0.29) is 16.5 Å². The second kappa shape index (κ2) is 7.93. The molecule has 0 heterocycles. The number of esters is 1. The fraction of sp³-hybridized carbons (Fsp3) is 0.467.